The second-order valence-electron chi connectivity index (χ2n) is 8.38. The van der Waals surface area contributed by atoms with E-state index in [1.807, 2.05) is 0 Å². The molecule has 0 aliphatic rings. The average molecular weight is 428 g/mol. The molecule has 30 heavy (non-hydrogen) atoms. The molecule has 8 heteroatoms. The third-order valence-corrected chi connectivity index (χ3v) is 5.94. The van der Waals surface area contributed by atoms with E-state index in [2.05, 4.69) is 62.3 Å². The van der Waals surface area contributed by atoms with Crippen molar-refractivity contribution in [2.24, 2.45) is 0 Å². The quantitative estimate of drug-likeness (QED) is 0.441. The average Bonchev–Trinajstić information content (AvgIpc) is 3.31. The Hall–Kier alpha value is -2.74. The Morgan fingerprint density at radius 2 is 1.93 bits per heavy atom. The van der Waals surface area contributed by atoms with Crippen molar-refractivity contribution < 1.29 is 9.21 Å². The number of aryl methyl sites for hydroxylation is 2. The van der Waals surface area contributed by atoms with E-state index in [-0.39, 0.29) is 17.1 Å². The van der Waals surface area contributed by atoms with Crippen LogP contribution in [-0.4, -0.2) is 33.1 Å². The molecule has 0 bridgehead atoms. The zero-order valence-corrected chi connectivity index (χ0v) is 19.0. The molecule has 0 aliphatic carbocycles. The molecule has 1 aromatic carbocycles. The van der Waals surface area contributed by atoms with Crippen LogP contribution in [0.15, 0.2) is 40.1 Å². The van der Waals surface area contributed by atoms with Crippen LogP contribution >= 0.6 is 11.8 Å². The SMILES string of the molecule is Cc1cc(C(C)(C)C)cc(C)c1CCNC(=O)CSc1nnc(-c2ccco2)n1N. The summed E-state index contributed by atoms with van der Waals surface area (Å²) in [7, 11) is 0. The number of carbonyl (C=O) groups is 1. The van der Waals surface area contributed by atoms with Gasteiger partial charge < -0.3 is 15.6 Å². The second-order valence-corrected chi connectivity index (χ2v) is 9.32. The molecule has 0 spiro atoms. The summed E-state index contributed by atoms with van der Waals surface area (Å²) in [5.41, 5.74) is 5.29. The number of nitrogen functional groups attached to an aromatic ring is 1. The summed E-state index contributed by atoms with van der Waals surface area (Å²) < 4.78 is 6.62. The molecule has 0 atom stereocenters. The molecule has 0 saturated carbocycles. The fourth-order valence-corrected chi connectivity index (χ4v) is 3.96. The Labute approximate surface area is 181 Å². The summed E-state index contributed by atoms with van der Waals surface area (Å²) in [4.78, 5) is 12.3. The van der Waals surface area contributed by atoms with Gasteiger partial charge in [-0.2, -0.15) is 0 Å². The topological polar surface area (TPSA) is 99.0 Å². The van der Waals surface area contributed by atoms with Crippen molar-refractivity contribution in [1.29, 1.82) is 0 Å². The van der Waals surface area contributed by atoms with Gasteiger partial charge in [-0.15, -0.1) is 10.2 Å². The molecule has 0 aliphatic heterocycles. The third kappa shape index (κ3) is 5.05. The molecule has 3 N–H and O–H groups in total. The van der Waals surface area contributed by atoms with Crippen molar-refractivity contribution in [3.05, 3.63) is 52.8 Å². The number of aromatic nitrogens is 3. The Bertz CT molecular complexity index is 996. The van der Waals surface area contributed by atoms with Crippen molar-refractivity contribution in [1.82, 2.24) is 20.2 Å². The molecule has 2 heterocycles. The van der Waals surface area contributed by atoms with Gasteiger partial charge in [-0.25, -0.2) is 4.68 Å². The number of thioether (sulfide) groups is 1. The van der Waals surface area contributed by atoms with Crippen molar-refractivity contribution >= 4 is 17.7 Å². The number of hydrogen-bond acceptors (Lipinski definition) is 6. The van der Waals surface area contributed by atoms with Crippen LogP contribution in [0.3, 0.4) is 0 Å². The van der Waals surface area contributed by atoms with Crippen molar-refractivity contribution in [3.8, 4) is 11.6 Å². The highest BCUT2D eigenvalue weighted by Gasteiger charge is 2.17. The predicted molar refractivity (Wildman–Crippen MR) is 120 cm³/mol. The third-order valence-electron chi connectivity index (χ3n) is 5.00. The molecule has 0 saturated heterocycles. The number of nitrogens with two attached hydrogens (primary N) is 1. The van der Waals surface area contributed by atoms with Gasteiger partial charge in [0.1, 0.15) is 0 Å². The van der Waals surface area contributed by atoms with Crippen LogP contribution in [0, 0.1) is 13.8 Å². The highest BCUT2D eigenvalue weighted by molar-refractivity contribution is 7.99. The summed E-state index contributed by atoms with van der Waals surface area (Å²) in [6.07, 6.45) is 2.35. The Morgan fingerprint density at radius 3 is 2.53 bits per heavy atom. The molecule has 3 aromatic rings. The van der Waals surface area contributed by atoms with Crippen molar-refractivity contribution in [2.75, 3.05) is 18.1 Å². The van der Waals surface area contributed by atoms with E-state index in [0.29, 0.717) is 23.3 Å². The van der Waals surface area contributed by atoms with Crippen LogP contribution in [0.1, 0.15) is 43.0 Å². The van der Waals surface area contributed by atoms with Gasteiger partial charge in [0.2, 0.25) is 16.9 Å². The largest absolute Gasteiger partial charge is 0.461 e. The van der Waals surface area contributed by atoms with Crippen molar-refractivity contribution in [2.45, 2.75) is 51.6 Å². The first-order valence-electron chi connectivity index (χ1n) is 9.91. The van der Waals surface area contributed by atoms with Gasteiger partial charge in [-0.3, -0.25) is 4.79 Å². The lowest BCUT2D eigenvalue weighted by Crippen LogP contribution is -2.28. The maximum Gasteiger partial charge on any atom is 0.230 e. The first-order valence-corrected chi connectivity index (χ1v) is 10.9. The smallest absolute Gasteiger partial charge is 0.230 e. The molecule has 0 radical (unpaired) electrons. The van der Waals surface area contributed by atoms with Crippen LogP contribution in [0.4, 0.5) is 0 Å². The minimum absolute atomic E-state index is 0.0656. The lowest BCUT2D eigenvalue weighted by atomic mass is 9.83. The van der Waals surface area contributed by atoms with Gasteiger partial charge >= 0.3 is 0 Å². The van der Waals surface area contributed by atoms with E-state index >= 15 is 0 Å². The molecule has 1 amide bonds. The minimum Gasteiger partial charge on any atom is -0.461 e. The van der Waals surface area contributed by atoms with E-state index in [9.17, 15) is 4.79 Å². The molecule has 2 aromatic heterocycles. The number of carbonyl (C=O) groups excluding carboxylic acids is 1. The molecule has 0 fully saturated rings. The first-order chi connectivity index (χ1) is 14.2. The maximum atomic E-state index is 12.3. The lowest BCUT2D eigenvalue weighted by Gasteiger charge is -2.22. The highest BCUT2D eigenvalue weighted by Crippen LogP contribution is 2.27. The number of nitrogens with one attached hydrogen (secondary N) is 1. The molecular weight excluding hydrogens is 398 g/mol. The van der Waals surface area contributed by atoms with E-state index in [0.717, 1.165) is 6.42 Å². The summed E-state index contributed by atoms with van der Waals surface area (Å²) in [5, 5.41) is 11.5. The van der Waals surface area contributed by atoms with E-state index in [4.69, 9.17) is 10.3 Å². The maximum absolute atomic E-state index is 12.3. The van der Waals surface area contributed by atoms with E-state index in [1.165, 1.54) is 38.7 Å². The number of rotatable bonds is 7. The van der Waals surface area contributed by atoms with Gasteiger partial charge in [-0.05, 0) is 60.1 Å². The van der Waals surface area contributed by atoms with Gasteiger partial charge in [0.05, 0.1) is 12.0 Å². The zero-order valence-electron chi connectivity index (χ0n) is 18.2. The van der Waals surface area contributed by atoms with E-state index in [1.54, 1.807) is 18.4 Å². The van der Waals surface area contributed by atoms with Crippen LogP contribution < -0.4 is 11.2 Å². The Morgan fingerprint density at radius 1 is 1.23 bits per heavy atom. The predicted octanol–water partition coefficient (Wildman–Crippen LogP) is 3.62. The van der Waals surface area contributed by atoms with Gasteiger partial charge in [0, 0.05) is 6.54 Å². The molecular formula is C22H29N5O2S. The number of furan rings is 1. The van der Waals surface area contributed by atoms with E-state index < -0.39 is 0 Å². The Balaban J connectivity index is 1.51. The number of hydrogen-bond donors (Lipinski definition) is 2. The zero-order chi connectivity index (χ0) is 21.9. The standard InChI is InChI=1S/C22H29N5O2S/c1-14-11-16(22(3,4)5)12-15(2)17(14)8-9-24-19(28)13-30-21-26-25-20(27(21)23)18-7-6-10-29-18/h6-7,10-12H,8-9,13,23H2,1-5H3,(H,24,28). The normalized spacial score (nSPS) is 11.6. The van der Waals surface area contributed by atoms with Crippen LogP contribution in [0.25, 0.3) is 11.6 Å². The van der Waals surface area contributed by atoms with Crippen LogP contribution in [0.5, 0.6) is 0 Å². The Kier molecular flexibility index (Phi) is 6.55. The number of nitrogens with zero attached hydrogens (tertiary/aromatic N) is 3. The number of benzene rings is 1. The lowest BCUT2D eigenvalue weighted by molar-refractivity contribution is -0.118. The number of amides is 1. The fraction of sp³-hybridized carbons (Fsp3) is 0.409. The molecule has 0 unspecified atom stereocenters. The molecule has 7 nitrogen and oxygen atoms in total. The summed E-state index contributed by atoms with van der Waals surface area (Å²) in [6.45, 7) is 11.5. The first kappa shape index (κ1) is 22.0. The van der Waals surface area contributed by atoms with Gasteiger partial charge in [0.15, 0.2) is 5.76 Å². The summed E-state index contributed by atoms with van der Waals surface area (Å²) >= 11 is 1.24. The summed E-state index contributed by atoms with van der Waals surface area (Å²) in [6, 6.07) is 8.02. The highest BCUT2D eigenvalue weighted by atomic mass is 32.2. The molecule has 160 valence electrons. The minimum atomic E-state index is -0.0656. The monoisotopic (exact) mass is 427 g/mol. The second kappa shape index (κ2) is 8.95. The van der Waals surface area contributed by atoms with Crippen LogP contribution in [-0.2, 0) is 16.6 Å². The fourth-order valence-electron chi connectivity index (χ4n) is 3.28. The molecule has 3 rings (SSSR count). The summed E-state index contributed by atoms with van der Waals surface area (Å²) in [5.74, 6) is 7.12. The van der Waals surface area contributed by atoms with Gasteiger partial charge in [-0.1, -0.05) is 44.7 Å². The van der Waals surface area contributed by atoms with Crippen molar-refractivity contribution in [3.63, 3.8) is 0 Å². The van der Waals surface area contributed by atoms with Crippen LogP contribution in [0.2, 0.25) is 0 Å². The van der Waals surface area contributed by atoms with Gasteiger partial charge in [0.25, 0.3) is 0 Å².